The third-order valence-corrected chi connectivity index (χ3v) is 4.33. The number of rotatable bonds is 4. The first-order valence-corrected chi connectivity index (χ1v) is 7.24. The van der Waals surface area contributed by atoms with Gasteiger partial charge in [-0.25, -0.2) is 0 Å². The number of aromatic nitrogens is 2. The molecule has 0 spiro atoms. The first-order valence-electron chi connectivity index (χ1n) is 7.24. The lowest BCUT2D eigenvalue weighted by molar-refractivity contribution is -0.0389. The van der Waals surface area contributed by atoms with E-state index in [0.717, 1.165) is 50.1 Å². The van der Waals surface area contributed by atoms with Crippen molar-refractivity contribution < 1.29 is 9.84 Å². The van der Waals surface area contributed by atoms with Crippen molar-refractivity contribution in [2.24, 2.45) is 5.41 Å². The van der Waals surface area contributed by atoms with Crippen LogP contribution in [0.5, 0.6) is 5.75 Å². The highest BCUT2D eigenvalue weighted by atomic mass is 16.5. The van der Waals surface area contributed by atoms with Gasteiger partial charge in [0, 0.05) is 6.54 Å². The zero-order valence-corrected chi connectivity index (χ0v) is 12.6. The Balaban J connectivity index is 2.32. The molecule has 4 heteroatoms. The van der Waals surface area contributed by atoms with E-state index in [1.165, 1.54) is 0 Å². The third kappa shape index (κ3) is 2.78. The highest BCUT2D eigenvalue weighted by Gasteiger charge is 2.42. The predicted octanol–water partition coefficient (Wildman–Crippen LogP) is 3.09. The summed E-state index contributed by atoms with van der Waals surface area (Å²) >= 11 is 0. The van der Waals surface area contributed by atoms with Crippen LogP contribution < -0.4 is 4.74 Å². The third-order valence-electron chi connectivity index (χ3n) is 4.33. The van der Waals surface area contributed by atoms with Crippen LogP contribution in [0.2, 0.25) is 0 Å². The van der Waals surface area contributed by atoms with Gasteiger partial charge in [-0.3, -0.25) is 4.68 Å². The number of aryl methyl sites for hydroxylation is 1. The van der Waals surface area contributed by atoms with Crippen LogP contribution in [-0.4, -0.2) is 22.0 Å². The first kappa shape index (κ1) is 14.4. The van der Waals surface area contributed by atoms with Crippen molar-refractivity contribution in [3.05, 3.63) is 11.9 Å². The van der Waals surface area contributed by atoms with Crippen LogP contribution >= 0.6 is 0 Å². The van der Waals surface area contributed by atoms with Crippen LogP contribution in [0, 0.1) is 5.41 Å². The molecule has 1 aliphatic carbocycles. The van der Waals surface area contributed by atoms with Crippen molar-refractivity contribution in [3.63, 3.8) is 0 Å². The van der Waals surface area contributed by atoms with Crippen molar-refractivity contribution in [3.8, 4) is 5.75 Å². The summed E-state index contributed by atoms with van der Waals surface area (Å²) in [6, 6.07) is 0. The number of hydrogen-bond donors (Lipinski definition) is 1. The second-order valence-corrected chi connectivity index (χ2v) is 6.48. The molecule has 0 unspecified atom stereocenters. The molecule has 19 heavy (non-hydrogen) atoms. The molecule has 1 fully saturated rings. The topological polar surface area (TPSA) is 47.3 Å². The van der Waals surface area contributed by atoms with Crippen LogP contribution in [-0.2, 0) is 12.1 Å². The fourth-order valence-electron chi connectivity index (χ4n) is 2.95. The largest absolute Gasteiger partial charge is 0.493 e. The highest BCUT2D eigenvalue weighted by molar-refractivity contribution is 5.31. The molecule has 1 saturated carbocycles. The molecule has 1 heterocycles. The van der Waals surface area contributed by atoms with Gasteiger partial charge in [0.1, 0.15) is 11.3 Å². The van der Waals surface area contributed by atoms with Gasteiger partial charge in [-0.05, 0) is 37.5 Å². The van der Waals surface area contributed by atoms with Gasteiger partial charge >= 0.3 is 0 Å². The van der Waals surface area contributed by atoms with E-state index in [2.05, 4.69) is 25.9 Å². The Hall–Kier alpha value is -1.03. The number of aliphatic hydroxyl groups is 1. The van der Waals surface area contributed by atoms with Crippen LogP contribution in [0.25, 0.3) is 0 Å². The molecule has 1 aromatic heterocycles. The monoisotopic (exact) mass is 266 g/mol. The first-order chi connectivity index (χ1) is 8.92. The lowest BCUT2D eigenvalue weighted by Crippen LogP contribution is -2.36. The molecular weight excluding hydrogens is 240 g/mol. The molecule has 0 bridgehead atoms. The smallest absolute Gasteiger partial charge is 0.162 e. The molecule has 0 atom stereocenters. The maximum Gasteiger partial charge on any atom is 0.162 e. The zero-order chi connectivity index (χ0) is 14.1. The van der Waals surface area contributed by atoms with Gasteiger partial charge in [-0.1, -0.05) is 20.8 Å². The lowest BCUT2D eigenvalue weighted by atomic mass is 9.70. The van der Waals surface area contributed by atoms with E-state index < -0.39 is 5.60 Å². The second-order valence-electron chi connectivity index (χ2n) is 6.48. The van der Waals surface area contributed by atoms with Crippen LogP contribution in [0.15, 0.2) is 6.20 Å². The molecule has 108 valence electrons. The Kier molecular flexibility index (Phi) is 3.90. The second kappa shape index (κ2) is 5.16. The summed E-state index contributed by atoms with van der Waals surface area (Å²) in [7, 11) is 1.65. The van der Waals surface area contributed by atoms with E-state index in [0.29, 0.717) is 5.41 Å². The van der Waals surface area contributed by atoms with E-state index in [9.17, 15) is 5.11 Å². The summed E-state index contributed by atoms with van der Waals surface area (Å²) in [4.78, 5) is 0. The quantitative estimate of drug-likeness (QED) is 0.911. The molecule has 4 nitrogen and oxygen atoms in total. The maximum atomic E-state index is 11.0. The van der Waals surface area contributed by atoms with Crippen molar-refractivity contribution in [2.45, 2.75) is 65.0 Å². The van der Waals surface area contributed by atoms with Crippen molar-refractivity contribution in [2.75, 3.05) is 7.11 Å². The minimum atomic E-state index is -0.785. The fourth-order valence-corrected chi connectivity index (χ4v) is 2.95. The summed E-state index contributed by atoms with van der Waals surface area (Å²) in [5.74, 6) is 0.718. The Bertz CT molecular complexity index is 427. The average Bonchev–Trinajstić information content (AvgIpc) is 2.78. The Morgan fingerprint density at radius 1 is 1.32 bits per heavy atom. The standard InChI is InChI=1S/C15H26N2O2/c1-5-10-17-13(12(19-4)11-16-17)15(18)8-6-14(2,3)7-9-15/h11,18H,5-10H2,1-4H3. The molecule has 0 radical (unpaired) electrons. The van der Waals surface area contributed by atoms with Gasteiger partial charge in [0.15, 0.2) is 5.75 Å². The normalized spacial score (nSPS) is 21.3. The summed E-state index contributed by atoms with van der Waals surface area (Å²) in [6.45, 7) is 7.48. The van der Waals surface area contributed by atoms with Crippen molar-refractivity contribution in [1.29, 1.82) is 0 Å². The van der Waals surface area contributed by atoms with Gasteiger partial charge < -0.3 is 9.84 Å². The number of methoxy groups -OCH3 is 1. The fraction of sp³-hybridized carbons (Fsp3) is 0.800. The highest BCUT2D eigenvalue weighted by Crippen LogP contribution is 2.47. The van der Waals surface area contributed by atoms with Gasteiger partial charge in [0.05, 0.1) is 13.3 Å². The maximum absolute atomic E-state index is 11.0. The predicted molar refractivity (Wildman–Crippen MR) is 75.2 cm³/mol. The summed E-state index contributed by atoms with van der Waals surface area (Å²) < 4.78 is 7.31. The van der Waals surface area contributed by atoms with Crippen LogP contribution in [0.3, 0.4) is 0 Å². The minimum Gasteiger partial charge on any atom is -0.493 e. The SMILES string of the molecule is CCCn1ncc(OC)c1C1(O)CCC(C)(C)CC1. The number of nitrogens with zero attached hydrogens (tertiary/aromatic N) is 2. The Morgan fingerprint density at radius 2 is 1.95 bits per heavy atom. The molecular formula is C15H26N2O2. The lowest BCUT2D eigenvalue weighted by Gasteiger charge is -2.40. The zero-order valence-electron chi connectivity index (χ0n) is 12.6. The van der Waals surface area contributed by atoms with Crippen LogP contribution in [0.4, 0.5) is 0 Å². The molecule has 1 aliphatic rings. The summed E-state index contributed by atoms with van der Waals surface area (Å²) in [5.41, 5.74) is 0.411. The average molecular weight is 266 g/mol. The molecule has 2 rings (SSSR count). The van der Waals surface area contributed by atoms with Crippen LogP contribution in [0.1, 0.15) is 58.6 Å². The van der Waals surface area contributed by atoms with Gasteiger partial charge in [0.25, 0.3) is 0 Å². The van der Waals surface area contributed by atoms with E-state index in [1.54, 1.807) is 13.3 Å². The van der Waals surface area contributed by atoms with E-state index >= 15 is 0 Å². The van der Waals surface area contributed by atoms with Crippen molar-refractivity contribution >= 4 is 0 Å². The summed E-state index contributed by atoms with van der Waals surface area (Å²) in [5, 5.41) is 15.4. The van der Waals surface area contributed by atoms with E-state index in [4.69, 9.17) is 4.74 Å². The number of hydrogen-bond acceptors (Lipinski definition) is 3. The molecule has 0 aliphatic heterocycles. The Morgan fingerprint density at radius 3 is 2.47 bits per heavy atom. The van der Waals surface area contributed by atoms with Gasteiger partial charge in [0.2, 0.25) is 0 Å². The van der Waals surface area contributed by atoms with E-state index in [1.807, 2.05) is 4.68 Å². The van der Waals surface area contributed by atoms with Crippen molar-refractivity contribution in [1.82, 2.24) is 9.78 Å². The van der Waals surface area contributed by atoms with Gasteiger partial charge in [-0.15, -0.1) is 0 Å². The van der Waals surface area contributed by atoms with E-state index in [-0.39, 0.29) is 0 Å². The molecule has 0 amide bonds. The van der Waals surface area contributed by atoms with Gasteiger partial charge in [-0.2, -0.15) is 5.10 Å². The Labute approximate surface area is 115 Å². The summed E-state index contributed by atoms with van der Waals surface area (Å²) in [6.07, 6.45) is 6.35. The molecule has 1 aromatic rings. The minimum absolute atomic E-state index is 0.328. The molecule has 0 saturated heterocycles. The molecule has 1 N–H and O–H groups in total. The molecule has 0 aromatic carbocycles. The number of ether oxygens (including phenoxy) is 1.